The molecule has 0 bridgehead atoms. The van der Waals surface area contributed by atoms with Crippen molar-refractivity contribution in [2.75, 3.05) is 16.0 Å². The van der Waals surface area contributed by atoms with E-state index in [0.717, 1.165) is 35.3 Å². The summed E-state index contributed by atoms with van der Waals surface area (Å²) in [6.45, 7) is 4.08. The Balaban J connectivity index is 1.55. The predicted molar refractivity (Wildman–Crippen MR) is 129 cm³/mol. The van der Waals surface area contributed by atoms with Gasteiger partial charge in [-0.05, 0) is 54.3 Å². The molecule has 1 heterocycles. The Labute approximate surface area is 187 Å². The number of nitrogens with one attached hydrogen (secondary N) is 1. The monoisotopic (exact) mass is 430 g/mol. The summed E-state index contributed by atoms with van der Waals surface area (Å²) in [6, 6.07) is 23.5. The number of amides is 2. The summed E-state index contributed by atoms with van der Waals surface area (Å²) < 4.78 is 0. The van der Waals surface area contributed by atoms with E-state index in [1.807, 2.05) is 78.6 Å². The SMILES string of the molecule is CCCc1ccccc1N1C(=O)CS[C@H]1c1ccc(NC(=O)c2ccccc2C)cc1. The van der Waals surface area contributed by atoms with Crippen LogP contribution in [0.1, 0.15) is 45.8 Å². The molecule has 1 fully saturated rings. The third-order valence-electron chi connectivity index (χ3n) is 5.48. The second kappa shape index (κ2) is 9.40. The molecule has 1 atom stereocenters. The lowest BCUT2D eigenvalue weighted by Crippen LogP contribution is -2.28. The number of nitrogens with zero attached hydrogens (tertiary/aromatic N) is 1. The van der Waals surface area contributed by atoms with E-state index in [1.165, 1.54) is 5.56 Å². The first kappa shape index (κ1) is 21.2. The number of rotatable bonds is 6. The molecule has 4 rings (SSSR count). The third-order valence-corrected chi connectivity index (χ3v) is 6.69. The van der Waals surface area contributed by atoms with E-state index in [-0.39, 0.29) is 17.2 Å². The van der Waals surface area contributed by atoms with E-state index in [9.17, 15) is 9.59 Å². The molecule has 0 aromatic heterocycles. The van der Waals surface area contributed by atoms with Crippen molar-refractivity contribution in [3.63, 3.8) is 0 Å². The summed E-state index contributed by atoms with van der Waals surface area (Å²) in [7, 11) is 0. The molecule has 0 radical (unpaired) electrons. The van der Waals surface area contributed by atoms with Gasteiger partial charge in [0, 0.05) is 16.9 Å². The van der Waals surface area contributed by atoms with Gasteiger partial charge in [0.15, 0.2) is 0 Å². The standard InChI is InChI=1S/C26H26N2O2S/c1-3-8-19-10-5-7-12-23(19)28-24(29)17-31-26(28)20-13-15-21(16-14-20)27-25(30)22-11-6-4-9-18(22)2/h4-7,9-16,26H,3,8,17H2,1-2H3,(H,27,30)/t26-/m0/s1. The Morgan fingerprint density at radius 2 is 1.74 bits per heavy atom. The van der Waals surface area contributed by atoms with Crippen LogP contribution < -0.4 is 10.2 Å². The molecule has 0 aliphatic carbocycles. The number of benzene rings is 3. The molecule has 0 unspecified atom stereocenters. The average molecular weight is 431 g/mol. The van der Waals surface area contributed by atoms with Crippen LogP contribution in [0.5, 0.6) is 0 Å². The van der Waals surface area contributed by atoms with Gasteiger partial charge in [0.2, 0.25) is 5.91 Å². The molecule has 1 N–H and O–H groups in total. The number of carbonyl (C=O) groups is 2. The smallest absolute Gasteiger partial charge is 0.255 e. The van der Waals surface area contributed by atoms with Gasteiger partial charge in [-0.2, -0.15) is 0 Å². The van der Waals surface area contributed by atoms with Gasteiger partial charge in [0.05, 0.1) is 5.75 Å². The highest BCUT2D eigenvalue weighted by atomic mass is 32.2. The van der Waals surface area contributed by atoms with Crippen LogP contribution in [0.15, 0.2) is 72.8 Å². The average Bonchev–Trinajstić information content (AvgIpc) is 3.16. The fourth-order valence-corrected chi connectivity index (χ4v) is 5.08. The summed E-state index contributed by atoms with van der Waals surface area (Å²) in [4.78, 5) is 27.3. The number of para-hydroxylation sites is 1. The second-order valence-corrected chi connectivity index (χ2v) is 8.77. The molecule has 2 amide bonds. The van der Waals surface area contributed by atoms with Gasteiger partial charge < -0.3 is 5.32 Å². The van der Waals surface area contributed by atoms with E-state index >= 15 is 0 Å². The van der Waals surface area contributed by atoms with E-state index in [2.05, 4.69) is 18.3 Å². The fraction of sp³-hybridized carbons (Fsp3) is 0.231. The zero-order valence-corrected chi connectivity index (χ0v) is 18.6. The highest BCUT2D eigenvalue weighted by Crippen LogP contribution is 2.43. The number of hydrogen-bond donors (Lipinski definition) is 1. The maximum Gasteiger partial charge on any atom is 0.255 e. The highest BCUT2D eigenvalue weighted by Gasteiger charge is 2.34. The highest BCUT2D eigenvalue weighted by molar-refractivity contribution is 8.00. The first-order valence-electron chi connectivity index (χ1n) is 10.6. The first-order valence-corrected chi connectivity index (χ1v) is 11.6. The zero-order valence-electron chi connectivity index (χ0n) is 17.8. The van der Waals surface area contributed by atoms with Crippen LogP contribution in [0.3, 0.4) is 0 Å². The third kappa shape index (κ3) is 4.52. The van der Waals surface area contributed by atoms with Crippen molar-refractivity contribution in [2.24, 2.45) is 0 Å². The number of anilines is 2. The molecule has 4 nitrogen and oxygen atoms in total. The molecule has 158 valence electrons. The maximum atomic E-state index is 12.8. The van der Waals surface area contributed by atoms with Gasteiger partial charge in [-0.25, -0.2) is 0 Å². The first-order chi connectivity index (χ1) is 15.1. The predicted octanol–water partition coefficient (Wildman–Crippen LogP) is 5.98. The van der Waals surface area contributed by atoms with Crippen LogP contribution in [0.25, 0.3) is 0 Å². The van der Waals surface area contributed by atoms with Crippen molar-refractivity contribution < 1.29 is 9.59 Å². The molecule has 31 heavy (non-hydrogen) atoms. The van der Waals surface area contributed by atoms with Crippen LogP contribution in [0, 0.1) is 6.92 Å². The van der Waals surface area contributed by atoms with E-state index in [4.69, 9.17) is 0 Å². The number of hydrogen-bond acceptors (Lipinski definition) is 3. The van der Waals surface area contributed by atoms with Gasteiger partial charge in [0.25, 0.3) is 5.91 Å². The number of carbonyl (C=O) groups excluding carboxylic acids is 2. The van der Waals surface area contributed by atoms with Crippen molar-refractivity contribution in [3.05, 3.63) is 95.1 Å². The Bertz CT molecular complexity index is 1090. The molecule has 3 aromatic rings. The van der Waals surface area contributed by atoms with Crippen molar-refractivity contribution in [3.8, 4) is 0 Å². The summed E-state index contributed by atoms with van der Waals surface area (Å²) >= 11 is 1.64. The summed E-state index contributed by atoms with van der Waals surface area (Å²) in [5.41, 5.74) is 5.61. The van der Waals surface area contributed by atoms with E-state index in [0.29, 0.717) is 11.3 Å². The lowest BCUT2D eigenvalue weighted by atomic mass is 10.1. The van der Waals surface area contributed by atoms with Crippen molar-refractivity contribution in [1.29, 1.82) is 0 Å². The molecular weight excluding hydrogens is 404 g/mol. The van der Waals surface area contributed by atoms with E-state index in [1.54, 1.807) is 11.8 Å². The minimum absolute atomic E-state index is 0.0633. The minimum Gasteiger partial charge on any atom is -0.322 e. The van der Waals surface area contributed by atoms with Crippen molar-refractivity contribution in [1.82, 2.24) is 0 Å². The quantitative estimate of drug-likeness (QED) is 0.523. The Morgan fingerprint density at radius 1 is 1.03 bits per heavy atom. The summed E-state index contributed by atoms with van der Waals surface area (Å²) in [5, 5.41) is 2.90. The van der Waals surface area contributed by atoms with Crippen LogP contribution >= 0.6 is 11.8 Å². The molecule has 1 saturated heterocycles. The van der Waals surface area contributed by atoms with Crippen LogP contribution in [0.4, 0.5) is 11.4 Å². The lowest BCUT2D eigenvalue weighted by molar-refractivity contribution is -0.115. The Kier molecular flexibility index (Phi) is 6.42. The minimum atomic E-state index is -0.119. The molecule has 1 aliphatic heterocycles. The number of thioether (sulfide) groups is 1. The van der Waals surface area contributed by atoms with Gasteiger partial charge in [-0.1, -0.05) is 61.9 Å². The van der Waals surface area contributed by atoms with Crippen molar-refractivity contribution >= 4 is 35.0 Å². The lowest BCUT2D eigenvalue weighted by Gasteiger charge is -2.26. The summed E-state index contributed by atoms with van der Waals surface area (Å²) in [5.74, 6) is 0.485. The number of aryl methyl sites for hydroxylation is 2. The topological polar surface area (TPSA) is 49.4 Å². The van der Waals surface area contributed by atoms with Gasteiger partial charge in [-0.3, -0.25) is 14.5 Å². The molecule has 3 aromatic carbocycles. The van der Waals surface area contributed by atoms with Gasteiger partial charge in [0.1, 0.15) is 5.37 Å². The van der Waals surface area contributed by atoms with E-state index < -0.39 is 0 Å². The van der Waals surface area contributed by atoms with Crippen molar-refractivity contribution in [2.45, 2.75) is 32.1 Å². The van der Waals surface area contributed by atoms with Gasteiger partial charge >= 0.3 is 0 Å². The zero-order chi connectivity index (χ0) is 21.8. The molecule has 5 heteroatoms. The van der Waals surface area contributed by atoms with Crippen LogP contribution in [0.2, 0.25) is 0 Å². The van der Waals surface area contributed by atoms with Crippen LogP contribution in [-0.2, 0) is 11.2 Å². The normalized spacial score (nSPS) is 15.9. The Morgan fingerprint density at radius 3 is 2.48 bits per heavy atom. The molecule has 1 aliphatic rings. The fourth-order valence-electron chi connectivity index (χ4n) is 3.91. The Hall–Kier alpha value is -3.05. The molecule has 0 saturated carbocycles. The maximum absolute atomic E-state index is 12.8. The molecular formula is C26H26N2O2S. The second-order valence-electron chi connectivity index (χ2n) is 7.70. The van der Waals surface area contributed by atoms with Crippen LogP contribution in [-0.4, -0.2) is 17.6 Å². The largest absolute Gasteiger partial charge is 0.322 e. The molecule has 0 spiro atoms. The summed E-state index contributed by atoms with van der Waals surface area (Å²) in [6.07, 6.45) is 1.98. The van der Waals surface area contributed by atoms with Gasteiger partial charge in [-0.15, -0.1) is 11.8 Å².